The molecule has 0 spiro atoms. The van der Waals surface area contributed by atoms with Crippen LogP contribution in [-0.4, -0.2) is 40.7 Å². The summed E-state index contributed by atoms with van der Waals surface area (Å²) in [6.45, 7) is 2.45. The molecular formula is C21H22ClN3O2S. The van der Waals surface area contributed by atoms with E-state index < -0.39 is 5.25 Å². The van der Waals surface area contributed by atoms with Gasteiger partial charge in [0.2, 0.25) is 11.8 Å². The van der Waals surface area contributed by atoms with Crippen LogP contribution in [0, 0.1) is 6.92 Å². The number of hydrogen-bond donors (Lipinski definition) is 1. The zero-order valence-electron chi connectivity index (χ0n) is 15.8. The van der Waals surface area contributed by atoms with Crippen molar-refractivity contribution in [2.75, 3.05) is 13.6 Å². The molecule has 1 aliphatic heterocycles. The maximum atomic E-state index is 12.6. The number of nitrogens with one attached hydrogen (secondary N) is 1. The van der Waals surface area contributed by atoms with E-state index in [9.17, 15) is 9.59 Å². The summed E-state index contributed by atoms with van der Waals surface area (Å²) in [6.07, 6.45) is 0.909. The topological polar surface area (TPSA) is 61.8 Å². The third kappa shape index (κ3) is 5.14. The van der Waals surface area contributed by atoms with Gasteiger partial charge in [-0.1, -0.05) is 59.8 Å². The van der Waals surface area contributed by atoms with Crippen molar-refractivity contribution in [1.82, 2.24) is 10.2 Å². The molecule has 1 atom stereocenters. The lowest BCUT2D eigenvalue weighted by molar-refractivity contribution is -0.129. The minimum Gasteiger partial charge on any atom is -0.355 e. The number of aliphatic imine (C=N–C) groups is 1. The van der Waals surface area contributed by atoms with Gasteiger partial charge < -0.3 is 5.32 Å². The summed E-state index contributed by atoms with van der Waals surface area (Å²) in [6, 6.07) is 15.4. The normalized spacial score (nSPS) is 18.4. The van der Waals surface area contributed by atoms with Crippen LogP contribution in [0.1, 0.15) is 17.5 Å². The first kappa shape index (κ1) is 20.4. The van der Waals surface area contributed by atoms with Gasteiger partial charge in [0.15, 0.2) is 5.17 Å². The second-order valence-corrected chi connectivity index (χ2v) is 8.19. The van der Waals surface area contributed by atoms with E-state index in [0.717, 1.165) is 17.5 Å². The fraction of sp³-hybridized carbons (Fsp3) is 0.286. The van der Waals surface area contributed by atoms with E-state index in [1.54, 1.807) is 13.1 Å². The summed E-state index contributed by atoms with van der Waals surface area (Å²) in [7, 11) is 1.67. The average Bonchev–Trinajstić information content (AvgIpc) is 2.69. The van der Waals surface area contributed by atoms with Crippen molar-refractivity contribution >= 4 is 46.0 Å². The van der Waals surface area contributed by atoms with E-state index in [1.807, 2.05) is 49.4 Å². The molecule has 2 aromatic rings. The van der Waals surface area contributed by atoms with Crippen LogP contribution in [0.2, 0.25) is 5.02 Å². The molecule has 1 heterocycles. The molecule has 1 saturated heterocycles. The molecule has 0 bridgehead atoms. The zero-order chi connectivity index (χ0) is 20.1. The standard InChI is InChI=1S/C21H22ClN3O2S/c1-14-8-9-16(12-17(14)22)24-21-25(2)19(26)13-18(28-21)20(27)23-11-10-15-6-4-3-5-7-15/h3-9,12,18H,10-11,13H2,1-2H3,(H,23,27)/t18-/m1/s1. The van der Waals surface area contributed by atoms with Gasteiger partial charge in [0.1, 0.15) is 0 Å². The quantitative estimate of drug-likeness (QED) is 0.804. The molecule has 28 heavy (non-hydrogen) atoms. The van der Waals surface area contributed by atoms with E-state index in [4.69, 9.17) is 11.6 Å². The molecule has 0 aromatic heterocycles. The summed E-state index contributed by atoms with van der Waals surface area (Å²) in [5.41, 5.74) is 2.78. The molecule has 2 aromatic carbocycles. The molecule has 0 saturated carbocycles. The van der Waals surface area contributed by atoms with Crippen molar-refractivity contribution in [1.29, 1.82) is 0 Å². The van der Waals surface area contributed by atoms with Gasteiger partial charge in [-0.15, -0.1) is 0 Å². The highest BCUT2D eigenvalue weighted by Gasteiger charge is 2.33. The highest BCUT2D eigenvalue weighted by atomic mass is 35.5. The molecule has 5 nitrogen and oxygen atoms in total. The van der Waals surface area contributed by atoms with Gasteiger partial charge in [-0.25, -0.2) is 4.99 Å². The fourth-order valence-electron chi connectivity index (χ4n) is 2.75. The fourth-order valence-corrected chi connectivity index (χ4v) is 4.01. The van der Waals surface area contributed by atoms with Crippen LogP contribution in [0.25, 0.3) is 0 Å². The lowest BCUT2D eigenvalue weighted by atomic mass is 10.1. The Hall–Kier alpha value is -2.31. The Labute approximate surface area is 174 Å². The average molecular weight is 416 g/mol. The Morgan fingerprint density at radius 1 is 1.29 bits per heavy atom. The van der Waals surface area contributed by atoms with Crippen LogP contribution < -0.4 is 5.32 Å². The summed E-state index contributed by atoms with van der Waals surface area (Å²) < 4.78 is 0. The van der Waals surface area contributed by atoms with Gasteiger partial charge in [-0.3, -0.25) is 14.5 Å². The molecule has 146 valence electrons. The van der Waals surface area contributed by atoms with Crippen molar-refractivity contribution in [3.8, 4) is 0 Å². The highest BCUT2D eigenvalue weighted by Crippen LogP contribution is 2.29. The van der Waals surface area contributed by atoms with Crippen LogP contribution in [0.5, 0.6) is 0 Å². The number of nitrogens with zero attached hydrogens (tertiary/aromatic N) is 2. The van der Waals surface area contributed by atoms with E-state index in [-0.39, 0.29) is 18.2 Å². The maximum Gasteiger partial charge on any atom is 0.234 e. The molecule has 2 amide bonds. The van der Waals surface area contributed by atoms with E-state index in [2.05, 4.69) is 10.3 Å². The number of amidine groups is 1. The predicted molar refractivity (Wildman–Crippen MR) is 115 cm³/mol. The summed E-state index contributed by atoms with van der Waals surface area (Å²) in [4.78, 5) is 30.9. The molecule has 3 rings (SSSR count). The number of amides is 2. The third-order valence-corrected chi connectivity index (χ3v) is 6.15. The molecule has 1 N–H and O–H groups in total. The molecule has 0 aliphatic carbocycles. The van der Waals surface area contributed by atoms with Crippen LogP contribution in [0.4, 0.5) is 5.69 Å². The predicted octanol–water partition coefficient (Wildman–Crippen LogP) is 3.96. The number of hydrogen-bond acceptors (Lipinski definition) is 4. The zero-order valence-corrected chi connectivity index (χ0v) is 17.4. The van der Waals surface area contributed by atoms with Gasteiger partial charge in [0, 0.05) is 25.0 Å². The Bertz CT molecular complexity index is 902. The smallest absolute Gasteiger partial charge is 0.234 e. The lowest BCUT2D eigenvalue weighted by Gasteiger charge is -2.28. The largest absolute Gasteiger partial charge is 0.355 e. The first-order chi connectivity index (χ1) is 13.4. The van der Waals surface area contributed by atoms with Crippen LogP contribution in [0.15, 0.2) is 53.5 Å². The Kier molecular flexibility index (Phi) is 6.75. The molecule has 1 aliphatic rings. The second kappa shape index (κ2) is 9.26. The van der Waals surface area contributed by atoms with Crippen LogP contribution >= 0.6 is 23.4 Å². The van der Waals surface area contributed by atoms with Gasteiger partial charge in [0.25, 0.3) is 0 Å². The second-order valence-electron chi connectivity index (χ2n) is 6.62. The van der Waals surface area contributed by atoms with Crippen molar-refractivity contribution in [3.05, 3.63) is 64.7 Å². The van der Waals surface area contributed by atoms with E-state index in [0.29, 0.717) is 22.4 Å². The number of halogens is 1. The summed E-state index contributed by atoms with van der Waals surface area (Å²) in [5.74, 6) is -0.268. The molecule has 1 fully saturated rings. The van der Waals surface area contributed by atoms with E-state index >= 15 is 0 Å². The van der Waals surface area contributed by atoms with Crippen molar-refractivity contribution in [2.24, 2.45) is 4.99 Å². The highest BCUT2D eigenvalue weighted by molar-refractivity contribution is 8.15. The van der Waals surface area contributed by atoms with Gasteiger partial charge in [-0.2, -0.15) is 0 Å². The monoisotopic (exact) mass is 415 g/mol. The molecule has 0 radical (unpaired) electrons. The Morgan fingerprint density at radius 3 is 2.75 bits per heavy atom. The van der Waals surface area contributed by atoms with Crippen molar-refractivity contribution in [2.45, 2.75) is 25.0 Å². The van der Waals surface area contributed by atoms with Crippen molar-refractivity contribution in [3.63, 3.8) is 0 Å². The van der Waals surface area contributed by atoms with Gasteiger partial charge in [0.05, 0.1) is 10.9 Å². The summed E-state index contributed by atoms with van der Waals surface area (Å²) >= 11 is 7.47. The van der Waals surface area contributed by atoms with Gasteiger partial charge in [-0.05, 0) is 36.6 Å². The molecule has 0 unspecified atom stereocenters. The Morgan fingerprint density at radius 2 is 2.04 bits per heavy atom. The maximum absolute atomic E-state index is 12.6. The number of thioether (sulfide) groups is 1. The van der Waals surface area contributed by atoms with Crippen molar-refractivity contribution < 1.29 is 9.59 Å². The summed E-state index contributed by atoms with van der Waals surface area (Å²) in [5, 5.41) is 3.56. The minimum atomic E-state index is -0.487. The number of benzene rings is 2. The third-order valence-electron chi connectivity index (χ3n) is 4.50. The number of rotatable bonds is 5. The first-order valence-electron chi connectivity index (χ1n) is 9.03. The Balaban J connectivity index is 1.65. The number of carbonyl (C=O) groups excluding carboxylic acids is 2. The lowest BCUT2D eigenvalue weighted by Crippen LogP contribution is -2.45. The molecule has 7 heteroatoms. The van der Waals surface area contributed by atoms with E-state index in [1.165, 1.54) is 16.7 Å². The number of carbonyl (C=O) groups is 2. The minimum absolute atomic E-state index is 0.126. The number of aryl methyl sites for hydroxylation is 1. The molecular weight excluding hydrogens is 394 g/mol. The first-order valence-corrected chi connectivity index (χ1v) is 10.3. The van der Waals surface area contributed by atoms with Crippen LogP contribution in [-0.2, 0) is 16.0 Å². The van der Waals surface area contributed by atoms with Gasteiger partial charge >= 0.3 is 0 Å². The SMILES string of the molecule is Cc1ccc(N=C2S[C@@H](C(=O)NCCc3ccccc3)CC(=O)N2C)cc1Cl. The van der Waals surface area contributed by atoms with Crippen LogP contribution in [0.3, 0.4) is 0 Å².